The van der Waals surface area contributed by atoms with E-state index < -0.39 is 14.8 Å². The van der Waals surface area contributed by atoms with Gasteiger partial charge in [0, 0.05) is 38.5 Å². The molecule has 0 aliphatic carbocycles. The first-order chi connectivity index (χ1) is 11.2. The molecule has 24 heavy (non-hydrogen) atoms. The van der Waals surface area contributed by atoms with E-state index in [1.54, 1.807) is 0 Å². The van der Waals surface area contributed by atoms with Gasteiger partial charge < -0.3 is 10.1 Å². The second-order valence-corrected chi connectivity index (χ2v) is 9.40. The molecule has 1 aromatic heterocycles. The Morgan fingerprint density at radius 1 is 1.42 bits per heavy atom. The van der Waals surface area contributed by atoms with Gasteiger partial charge in [0.25, 0.3) is 0 Å². The predicted molar refractivity (Wildman–Crippen MR) is 93.6 cm³/mol. The van der Waals surface area contributed by atoms with Gasteiger partial charge in [-0.2, -0.15) is 0 Å². The molecule has 1 aromatic rings. The predicted octanol–water partition coefficient (Wildman–Crippen LogP) is 1.97. The van der Waals surface area contributed by atoms with Gasteiger partial charge >= 0.3 is 5.69 Å². The number of ether oxygens (including phenoxy) is 1. The van der Waals surface area contributed by atoms with Crippen molar-refractivity contribution in [1.82, 2.24) is 4.90 Å². The first kappa shape index (κ1) is 19.1. The number of thiophene rings is 1. The number of nitro groups is 1. The van der Waals surface area contributed by atoms with Gasteiger partial charge in [0.1, 0.15) is 4.21 Å². The Morgan fingerprint density at radius 2 is 2.04 bits per heavy atom. The average molecular weight is 377 g/mol. The summed E-state index contributed by atoms with van der Waals surface area (Å²) in [6.07, 6.45) is 2.27. The van der Waals surface area contributed by atoms with Crippen LogP contribution in [0.5, 0.6) is 0 Å². The molecule has 0 saturated carbocycles. The molecule has 2 atom stereocenters. The van der Waals surface area contributed by atoms with Gasteiger partial charge in [-0.1, -0.05) is 11.3 Å². The zero-order valence-electron chi connectivity index (χ0n) is 14.0. The lowest BCUT2D eigenvalue weighted by Gasteiger charge is -2.35. The zero-order valence-corrected chi connectivity index (χ0v) is 15.7. The third-order valence-electron chi connectivity index (χ3n) is 3.68. The molecule has 1 aliphatic heterocycles. The highest BCUT2D eigenvalue weighted by atomic mass is 32.2. The van der Waals surface area contributed by atoms with Crippen molar-refractivity contribution >= 4 is 31.9 Å². The van der Waals surface area contributed by atoms with Crippen LogP contribution in [-0.2, 0) is 14.6 Å². The molecule has 1 saturated heterocycles. The van der Waals surface area contributed by atoms with Crippen molar-refractivity contribution in [3.8, 4) is 0 Å². The van der Waals surface area contributed by atoms with E-state index in [0.717, 1.165) is 49.7 Å². The summed E-state index contributed by atoms with van der Waals surface area (Å²) in [5.41, 5.74) is -0.186. The lowest BCUT2D eigenvalue weighted by atomic mass is 10.2. The van der Waals surface area contributed by atoms with Crippen LogP contribution >= 0.6 is 11.3 Å². The maximum atomic E-state index is 11.6. The molecular formula is C14H23N3O5S2. The molecule has 0 radical (unpaired) electrons. The summed E-state index contributed by atoms with van der Waals surface area (Å²) in [7, 11) is -3.45. The number of morpholine rings is 1. The van der Waals surface area contributed by atoms with Crippen LogP contribution in [0.15, 0.2) is 10.3 Å². The number of sulfone groups is 1. The van der Waals surface area contributed by atoms with E-state index in [1.807, 2.05) is 13.8 Å². The Hall–Kier alpha value is -1.23. The second-order valence-electron chi connectivity index (χ2n) is 6.11. The van der Waals surface area contributed by atoms with Crippen molar-refractivity contribution < 1.29 is 18.1 Å². The zero-order chi connectivity index (χ0) is 17.9. The van der Waals surface area contributed by atoms with Gasteiger partial charge in [-0.15, -0.1) is 0 Å². The Labute approximate surface area is 145 Å². The quantitative estimate of drug-likeness (QED) is 0.440. The molecule has 10 heteroatoms. The maximum Gasteiger partial charge on any atom is 0.304 e. The summed E-state index contributed by atoms with van der Waals surface area (Å²) in [6.45, 7) is 7.25. The van der Waals surface area contributed by atoms with Crippen LogP contribution in [0.2, 0.25) is 0 Å². The normalized spacial score (nSPS) is 22.5. The van der Waals surface area contributed by atoms with Gasteiger partial charge in [0.2, 0.25) is 0 Å². The van der Waals surface area contributed by atoms with E-state index in [0.29, 0.717) is 11.5 Å². The Morgan fingerprint density at radius 3 is 2.58 bits per heavy atom. The maximum absolute atomic E-state index is 11.6. The Balaban J connectivity index is 1.90. The van der Waals surface area contributed by atoms with Gasteiger partial charge in [-0.25, -0.2) is 8.42 Å². The van der Waals surface area contributed by atoms with Crippen LogP contribution in [0.3, 0.4) is 0 Å². The SMILES string of the molecule is CC1CN(CCCNc2sc(S(C)(=O)=O)cc2[N+](=O)[O-])CC(C)O1. The Bertz CT molecular complexity index is 679. The molecule has 0 bridgehead atoms. The lowest BCUT2D eigenvalue weighted by Crippen LogP contribution is -2.45. The summed E-state index contributed by atoms with van der Waals surface area (Å²) < 4.78 is 28.8. The number of nitrogens with zero attached hydrogens (tertiary/aromatic N) is 2. The number of nitrogens with one attached hydrogen (secondary N) is 1. The van der Waals surface area contributed by atoms with Crippen molar-refractivity contribution in [3.05, 3.63) is 16.2 Å². The van der Waals surface area contributed by atoms with Crippen molar-refractivity contribution in [1.29, 1.82) is 0 Å². The number of hydrogen-bond acceptors (Lipinski definition) is 8. The fourth-order valence-corrected chi connectivity index (χ4v) is 4.74. The van der Waals surface area contributed by atoms with E-state index in [-0.39, 0.29) is 22.1 Å². The van der Waals surface area contributed by atoms with Gasteiger partial charge in [-0.05, 0) is 20.3 Å². The molecule has 2 rings (SSSR count). The molecule has 0 amide bonds. The average Bonchev–Trinajstić information content (AvgIpc) is 2.87. The van der Waals surface area contributed by atoms with Crippen molar-refractivity contribution in [2.75, 3.05) is 37.8 Å². The smallest absolute Gasteiger partial charge is 0.304 e. The first-order valence-corrected chi connectivity index (χ1v) is 10.5. The van der Waals surface area contributed by atoms with Crippen molar-refractivity contribution in [3.63, 3.8) is 0 Å². The molecule has 136 valence electrons. The molecule has 8 nitrogen and oxygen atoms in total. The van der Waals surface area contributed by atoms with E-state index in [4.69, 9.17) is 4.74 Å². The third kappa shape index (κ3) is 5.13. The first-order valence-electron chi connectivity index (χ1n) is 7.76. The highest BCUT2D eigenvalue weighted by Gasteiger charge is 2.24. The molecule has 0 aromatic carbocycles. The van der Waals surface area contributed by atoms with Crippen molar-refractivity contribution in [2.45, 2.75) is 36.7 Å². The van der Waals surface area contributed by atoms with Crippen LogP contribution < -0.4 is 5.32 Å². The van der Waals surface area contributed by atoms with Crippen LogP contribution in [0.25, 0.3) is 0 Å². The number of anilines is 1. The van der Waals surface area contributed by atoms with E-state index in [2.05, 4.69) is 10.2 Å². The minimum absolute atomic E-state index is 0.00697. The van der Waals surface area contributed by atoms with Crippen LogP contribution in [-0.4, -0.2) is 62.9 Å². The highest BCUT2D eigenvalue weighted by Crippen LogP contribution is 2.36. The summed E-state index contributed by atoms with van der Waals surface area (Å²) in [4.78, 5) is 12.8. The van der Waals surface area contributed by atoms with E-state index in [9.17, 15) is 18.5 Å². The Kier molecular flexibility index (Phi) is 6.18. The molecular weight excluding hydrogens is 354 g/mol. The standard InChI is InChI=1S/C14H23N3O5S2/c1-10-8-16(9-11(2)22-10)6-4-5-15-14-12(17(18)19)7-13(23-14)24(3,20)21/h7,10-11,15H,4-6,8-9H2,1-3H3. The molecule has 2 unspecified atom stereocenters. The van der Waals surface area contributed by atoms with Crippen LogP contribution in [0.1, 0.15) is 20.3 Å². The molecule has 1 fully saturated rings. The molecule has 2 heterocycles. The fraction of sp³-hybridized carbons (Fsp3) is 0.714. The number of hydrogen-bond donors (Lipinski definition) is 1. The van der Waals surface area contributed by atoms with E-state index >= 15 is 0 Å². The third-order valence-corrected chi connectivity index (χ3v) is 6.57. The summed E-state index contributed by atoms with van der Waals surface area (Å²) >= 11 is 0.907. The largest absolute Gasteiger partial charge is 0.373 e. The number of rotatable bonds is 7. The lowest BCUT2D eigenvalue weighted by molar-refractivity contribution is -0.383. The second kappa shape index (κ2) is 7.77. The fourth-order valence-electron chi connectivity index (χ4n) is 2.78. The molecule has 1 aliphatic rings. The monoisotopic (exact) mass is 377 g/mol. The highest BCUT2D eigenvalue weighted by molar-refractivity contribution is 7.92. The summed E-state index contributed by atoms with van der Waals surface area (Å²) in [5.74, 6) is 0. The van der Waals surface area contributed by atoms with Gasteiger partial charge in [0.15, 0.2) is 14.8 Å². The van der Waals surface area contributed by atoms with Gasteiger partial charge in [0.05, 0.1) is 17.1 Å². The van der Waals surface area contributed by atoms with E-state index in [1.165, 1.54) is 0 Å². The van der Waals surface area contributed by atoms with Gasteiger partial charge in [-0.3, -0.25) is 15.0 Å². The minimum Gasteiger partial charge on any atom is -0.373 e. The minimum atomic E-state index is -3.45. The van der Waals surface area contributed by atoms with Crippen LogP contribution in [0, 0.1) is 10.1 Å². The molecule has 1 N–H and O–H groups in total. The van der Waals surface area contributed by atoms with Crippen LogP contribution in [0.4, 0.5) is 10.7 Å². The van der Waals surface area contributed by atoms with Crippen molar-refractivity contribution in [2.24, 2.45) is 0 Å². The summed E-state index contributed by atoms with van der Waals surface area (Å²) in [5, 5.41) is 14.4. The summed E-state index contributed by atoms with van der Waals surface area (Å²) in [6, 6.07) is 1.12. The molecule has 0 spiro atoms. The topological polar surface area (TPSA) is 102 Å².